The van der Waals surface area contributed by atoms with E-state index in [0.29, 0.717) is 19.3 Å². The molecule has 0 aromatic rings. The molecule has 0 aliphatic carbocycles. The Bertz CT molecular complexity index is 1090. The zero-order valence-electron chi connectivity index (χ0n) is 41.1. The van der Waals surface area contributed by atoms with Crippen LogP contribution in [0.1, 0.15) is 271 Å². The van der Waals surface area contributed by atoms with Crippen molar-refractivity contribution in [3.05, 3.63) is 48.6 Å². The summed E-state index contributed by atoms with van der Waals surface area (Å²) in [7, 11) is 0. The van der Waals surface area contributed by atoms with Crippen LogP contribution in [0.2, 0.25) is 0 Å². The van der Waals surface area contributed by atoms with Crippen LogP contribution in [-0.4, -0.2) is 37.2 Å². The number of hydrogen-bond donors (Lipinski definition) is 0. The highest BCUT2D eigenvalue weighted by Gasteiger charge is 2.19. The summed E-state index contributed by atoms with van der Waals surface area (Å²) < 4.78 is 16.8. The SMILES string of the molecule is CC/C=C\C/C=C\C/C=C\C/C=C\CCCCC(=O)OCC(COC(=O)CCCCCCCCCCCCCCCC)OC(=O)CCCCCCCCCCCCCCCCC. The maximum absolute atomic E-state index is 12.8. The summed E-state index contributed by atoms with van der Waals surface area (Å²) >= 11 is 0. The topological polar surface area (TPSA) is 78.9 Å². The highest BCUT2D eigenvalue weighted by atomic mass is 16.6. The lowest BCUT2D eigenvalue weighted by Gasteiger charge is -2.18. The second-order valence-corrected chi connectivity index (χ2v) is 17.8. The van der Waals surface area contributed by atoms with Crippen molar-refractivity contribution >= 4 is 17.9 Å². The summed E-state index contributed by atoms with van der Waals surface area (Å²) in [4.78, 5) is 38.0. The van der Waals surface area contributed by atoms with E-state index in [1.54, 1.807) is 0 Å². The molecule has 0 N–H and O–H groups in total. The van der Waals surface area contributed by atoms with Gasteiger partial charge in [-0.25, -0.2) is 0 Å². The van der Waals surface area contributed by atoms with Crippen molar-refractivity contribution < 1.29 is 28.6 Å². The van der Waals surface area contributed by atoms with E-state index in [4.69, 9.17) is 14.2 Å². The molecule has 6 nitrogen and oxygen atoms in total. The molecule has 0 heterocycles. The number of carbonyl (C=O) groups is 3. The van der Waals surface area contributed by atoms with Crippen LogP contribution in [0.15, 0.2) is 48.6 Å². The predicted molar refractivity (Wildman–Crippen MR) is 265 cm³/mol. The number of esters is 3. The Morgan fingerprint density at radius 1 is 0.339 bits per heavy atom. The van der Waals surface area contributed by atoms with Crippen molar-refractivity contribution in [1.82, 2.24) is 0 Å². The first-order valence-electron chi connectivity index (χ1n) is 26.6. The average molecular weight is 869 g/mol. The summed E-state index contributed by atoms with van der Waals surface area (Å²) in [5.74, 6) is -0.913. The lowest BCUT2D eigenvalue weighted by molar-refractivity contribution is -0.167. The minimum Gasteiger partial charge on any atom is -0.462 e. The molecule has 6 heteroatoms. The smallest absolute Gasteiger partial charge is 0.306 e. The van der Waals surface area contributed by atoms with Gasteiger partial charge in [0.2, 0.25) is 0 Å². The third-order valence-electron chi connectivity index (χ3n) is 11.6. The van der Waals surface area contributed by atoms with Gasteiger partial charge in [-0.05, 0) is 57.8 Å². The average Bonchev–Trinajstić information content (AvgIpc) is 3.27. The molecule has 1 atom stereocenters. The monoisotopic (exact) mass is 869 g/mol. The fraction of sp³-hybridized carbons (Fsp3) is 0.804. The van der Waals surface area contributed by atoms with Crippen LogP contribution in [0.5, 0.6) is 0 Å². The van der Waals surface area contributed by atoms with E-state index in [2.05, 4.69) is 69.4 Å². The van der Waals surface area contributed by atoms with E-state index in [9.17, 15) is 14.4 Å². The third-order valence-corrected chi connectivity index (χ3v) is 11.6. The third kappa shape index (κ3) is 48.4. The first kappa shape index (κ1) is 59.4. The van der Waals surface area contributed by atoms with E-state index >= 15 is 0 Å². The molecule has 0 bridgehead atoms. The maximum Gasteiger partial charge on any atom is 0.306 e. The largest absolute Gasteiger partial charge is 0.462 e. The van der Waals surface area contributed by atoms with E-state index in [1.807, 2.05) is 0 Å². The van der Waals surface area contributed by atoms with Crippen molar-refractivity contribution in [2.24, 2.45) is 0 Å². The first-order chi connectivity index (χ1) is 30.5. The Labute approximate surface area is 384 Å². The Morgan fingerprint density at radius 3 is 0.984 bits per heavy atom. The molecular weight excluding hydrogens is 769 g/mol. The van der Waals surface area contributed by atoms with Crippen LogP contribution in [0.25, 0.3) is 0 Å². The molecular formula is C56H100O6. The van der Waals surface area contributed by atoms with Crippen LogP contribution in [0, 0.1) is 0 Å². The number of carbonyl (C=O) groups excluding carboxylic acids is 3. The van der Waals surface area contributed by atoms with Gasteiger partial charge in [-0.1, -0.05) is 243 Å². The van der Waals surface area contributed by atoms with Gasteiger partial charge in [-0.2, -0.15) is 0 Å². The molecule has 0 saturated heterocycles. The zero-order chi connectivity index (χ0) is 45.1. The molecule has 0 aromatic heterocycles. The van der Waals surface area contributed by atoms with Gasteiger partial charge in [0, 0.05) is 19.3 Å². The summed E-state index contributed by atoms with van der Waals surface area (Å²) in [5, 5.41) is 0. The number of allylic oxidation sites excluding steroid dienone is 8. The van der Waals surface area contributed by atoms with Gasteiger partial charge < -0.3 is 14.2 Å². The fourth-order valence-electron chi connectivity index (χ4n) is 7.61. The highest BCUT2D eigenvalue weighted by Crippen LogP contribution is 2.16. The molecule has 0 radical (unpaired) electrons. The summed E-state index contributed by atoms with van der Waals surface area (Å²) in [6, 6.07) is 0. The normalized spacial score (nSPS) is 12.4. The van der Waals surface area contributed by atoms with Crippen LogP contribution in [-0.2, 0) is 28.6 Å². The lowest BCUT2D eigenvalue weighted by atomic mass is 10.0. The number of rotatable bonds is 48. The molecule has 62 heavy (non-hydrogen) atoms. The first-order valence-corrected chi connectivity index (χ1v) is 26.6. The van der Waals surface area contributed by atoms with Gasteiger partial charge in [0.1, 0.15) is 13.2 Å². The summed E-state index contributed by atoms with van der Waals surface area (Å²) in [6.45, 7) is 6.51. The van der Waals surface area contributed by atoms with E-state index in [1.165, 1.54) is 148 Å². The minimum atomic E-state index is -0.785. The standard InChI is InChI=1S/C56H100O6/c1-4-7-10-13-16-19-22-25-28-31-34-37-40-43-46-49-55(58)61-52-53(51-60-54(57)48-45-42-39-36-33-30-27-24-21-18-15-12-9-6-3)62-56(59)50-47-44-41-38-35-32-29-26-23-20-17-14-11-8-5-2/h7,10,16,19,25,28,34,37,53H,4-6,8-9,11-15,17-18,20-24,26-27,29-33,35-36,38-52H2,1-3H3/b10-7-,19-16-,28-25-,37-34-. The quantitative estimate of drug-likeness (QED) is 0.0262. The minimum absolute atomic E-state index is 0.0822. The second kappa shape index (κ2) is 51.0. The van der Waals surface area contributed by atoms with E-state index in [-0.39, 0.29) is 31.1 Å². The van der Waals surface area contributed by atoms with Crippen molar-refractivity contribution in [2.45, 2.75) is 277 Å². The molecule has 360 valence electrons. The van der Waals surface area contributed by atoms with Gasteiger partial charge in [-0.3, -0.25) is 14.4 Å². The van der Waals surface area contributed by atoms with Crippen LogP contribution in [0.3, 0.4) is 0 Å². The van der Waals surface area contributed by atoms with Crippen LogP contribution < -0.4 is 0 Å². The molecule has 0 aromatic carbocycles. The molecule has 0 amide bonds. The van der Waals surface area contributed by atoms with E-state index < -0.39 is 6.10 Å². The van der Waals surface area contributed by atoms with Gasteiger partial charge >= 0.3 is 17.9 Å². The van der Waals surface area contributed by atoms with Crippen LogP contribution >= 0.6 is 0 Å². The van der Waals surface area contributed by atoms with Gasteiger partial charge in [0.25, 0.3) is 0 Å². The molecule has 1 unspecified atom stereocenters. The lowest BCUT2D eigenvalue weighted by Crippen LogP contribution is -2.30. The number of ether oxygens (including phenoxy) is 3. The molecule has 0 aliphatic heterocycles. The Hall–Kier alpha value is -2.63. The summed E-state index contributed by atoms with van der Waals surface area (Å²) in [6.07, 6.45) is 60.9. The van der Waals surface area contributed by atoms with Crippen molar-refractivity contribution in [3.63, 3.8) is 0 Å². The van der Waals surface area contributed by atoms with Crippen molar-refractivity contribution in [1.29, 1.82) is 0 Å². The molecule has 0 aliphatic rings. The summed E-state index contributed by atoms with van der Waals surface area (Å²) in [5.41, 5.74) is 0. The Kier molecular flexibility index (Phi) is 48.8. The Morgan fingerprint density at radius 2 is 0.629 bits per heavy atom. The van der Waals surface area contributed by atoms with Gasteiger partial charge in [-0.15, -0.1) is 0 Å². The van der Waals surface area contributed by atoms with Crippen molar-refractivity contribution in [2.75, 3.05) is 13.2 Å². The van der Waals surface area contributed by atoms with Crippen molar-refractivity contribution in [3.8, 4) is 0 Å². The second-order valence-electron chi connectivity index (χ2n) is 17.8. The molecule has 0 saturated carbocycles. The maximum atomic E-state index is 12.8. The van der Waals surface area contributed by atoms with E-state index in [0.717, 1.165) is 83.5 Å². The zero-order valence-corrected chi connectivity index (χ0v) is 41.1. The van der Waals surface area contributed by atoms with Gasteiger partial charge in [0.15, 0.2) is 6.10 Å². The Balaban J connectivity index is 4.41. The highest BCUT2D eigenvalue weighted by molar-refractivity contribution is 5.71. The molecule has 0 fully saturated rings. The van der Waals surface area contributed by atoms with Crippen LogP contribution in [0.4, 0.5) is 0 Å². The molecule has 0 rings (SSSR count). The fourth-order valence-corrected chi connectivity index (χ4v) is 7.61. The predicted octanol–water partition coefficient (Wildman–Crippen LogP) is 17.5. The van der Waals surface area contributed by atoms with Gasteiger partial charge in [0.05, 0.1) is 0 Å². The number of hydrogen-bond acceptors (Lipinski definition) is 6. The number of unbranched alkanes of at least 4 members (excludes halogenated alkanes) is 29. The molecule has 0 spiro atoms.